The molecule has 27 heavy (non-hydrogen) atoms. The zero-order chi connectivity index (χ0) is 18.2. The normalized spacial score (nSPS) is 14.9. The van der Waals surface area contributed by atoms with E-state index >= 15 is 0 Å². The highest BCUT2D eigenvalue weighted by atomic mass is 19.1. The fraction of sp³-hybridized carbons (Fsp3) is 0.182. The van der Waals surface area contributed by atoms with E-state index in [0.717, 1.165) is 48.7 Å². The molecule has 0 amide bonds. The van der Waals surface area contributed by atoms with E-state index in [1.54, 1.807) is 0 Å². The molecule has 4 nitrogen and oxygen atoms in total. The molecule has 0 radical (unpaired) electrons. The zero-order valence-corrected chi connectivity index (χ0v) is 14.8. The Morgan fingerprint density at radius 2 is 1.37 bits per heavy atom. The summed E-state index contributed by atoms with van der Waals surface area (Å²) in [5.74, 6) is 0.716. The van der Waals surface area contributed by atoms with Crippen LogP contribution in [-0.2, 0) is 0 Å². The lowest BCUT2D eigenvalue weighted by Gasteiger charge is -2.36. The van der Waals surface area contributed by atoms with Crippen molar-refractivity contribution in [2.45, 2.75) is 0 Å². The molecule has 2 heterocycles. The Kier molecular flexibility index (Phi) is 3.85. The van der Waals surface area contributed by atoms with E-state index in [2.05, 4.69) is 39.0 Å². The fourth-order valence-electron chi connectivity index (χ4n) is 3.69. The van der Waals surface area contributed by atoms with Crippen molar-refractivity contribution in [1.29, 1.82) is 0 Å². The largest absolute Gasteiger partial charge is 0.368 e. The van der Waals surface area contributed by atoms with Gasteiger partial charge in [0.05, 0.1) is 17.2 Å². The molecule has 0 bridgehead atoms. The van der Waals surface area contributed by atoms with Crippen LogP contribution in [0.1, 0.15) is 0 Å². The minimum Gasteiger partial charge on any atom is -0.368 e. The van der Waals surface area contributed by atoms with Gasteiger partial charge in [-0.3, -0.25) is 4.98 Å². The number of nitrogens with zero attached hydrogens (tertiary/aromatic N) is 4. The lowest BCUT2D eigenvalue weighted by atomic mass is 10.1. The van der Waals surface area contributed by atoms with Crippen LogP contribution < -0.4 is 9.80 Å². The van der Waals surface area contributed by atoms with Crippen molar-refractivity contribution in [2.75, 3.05) is 36.0 Å². The number of anilines is 2. The first-order chi connectivity index (χ1) is 13.3. The first-order valence-corrected chi connectivity index (χ1v) is 9.17. The molecule has 5 heteroatoms. The van der Waals surface area contributed by atoms with Gasteiger partial charge >= 0.3 is 0 Å². The average Bonchev–Trinajstić information content (AvgIpc) is 2.72. The van der Waals surface area contributed by atoms with Gasteiger partial charge in [0.25, 0.3) is 0 Å². The molecule has 1 aliphatic heterocycles. The van der Waals surface area contributed by atoms with Crippen molar-refractivity contribution in [2.24, 2.45) is 0 Å². The number of benzene rings is 3. The van der Waals surface area contributed by atoms with E-state index in [-0.39, 0.29) is 5.82 Å². The van der Waals surface area contributed by atoms with Crippen molar-refractivity contribution in [1.82, 2.24) is 9.97 Å². The van der Waals surface area contributed by atoms with E-state index in [1.165, 1.54) is 22.9 Å². The van der Waals surface area contributed by atoms with Gasteiger partial charge in [0.2, 0.25) is 0 Å². The molecule has 0 aliphatic carbocycles. The van der Waals surface area contributed by atoms with Gasteiger partial charge < -0.3 is 9.80 Å². The Balaban J connectivity index is 1.38. The smallest absolute Gasteiger partial charge is 0.147 e. The van der Waals surface area contributed by atoms with Crippen LogP contribution in [0.2, 0.25) is 0 Å². The number of hydrogen-bond donors (Lipinski definition) is 0. The van der Waals surface area contributed by atoms with Gasteiger partial charge in [0.15, 0.2) is 0 Å². The summed E-state index contributed by atoms with van der Waals surface area (Å²) in [4.78, 5) is 14.0. The molecule has 0 atom stereocenters. The van der Waals surface area contributed by atoms with Crippen molar-refractivity contribution in [3.63, 3.8) is 0 Å². The molecule has 4 aromatic rings. The third kappa shape index (κ3) is 3.05. The fourth-order valence-corrected chi connectivity index (χ4v) is 3.69. The highest BCUT2D eigenvalue weighted by Crippen LogP contribution is 2.24. The predicted octanol–water partition coefficient (Wildman–Crippen LogP) is 4.25. The monoisotopic (exact) mass is 358 g/mol. The molecule has 1 aromatic heterocycles. The summed E-state index contributed by atoms with van der Waals surface area (Å²) in [5.41, 5.74) is 2.90. The maximum Gasteiger partial charge on any atom is 0.147 e. The van der Waals surface area contributed by atoms with Crippen LogP contribution in [0.4, 0.5) is 15.9 Å². The second-order valence-corrected chi connectivity index (χ2v) is 6.87. The molecular weight excluding hydrogens is 339 g/mol. The summed E-state index contributed by atoms with van der Waals surface area (Å²) in [5, 5.41) is 2.36. The van der Waals surface area contributed by atoms with Crippen LogP contribution in [0.25, 0.3) is 21.8 Å². The van der Waals surface area contributed by atoms with Gasteiger partial charge in [-0.2, -0.15) is 0 Å². The van der Waals surface area contributed by atoms with Gasteiger partial charge in [-0.25, -0.2) is 9.37 Å². The first-order valence-electron chi connectivity index (χ1n) is 9.17. The second kappa shape index (κ2) is 6.50. The van der Waals surface area contributed by atoms with Crippen molar-refractivity contribution < 1.29 is 4.39 Å². The van der Waals surface area contributed by atoms with Crippen LogP contribution in [0.15, 0.2) is 66.9 Å². The molecule has 0 saturated carbocycles. The molecule has 1 fully saturated rings. The highest BCUT2D eigenvalue weighted by Gasteiger charge is 2.19. The van der Waals surface area contributed by atoms with Gasteiger partial charge in [0, 0.05) is 31.9 Å². The third-order valence-corrected chi connectivity index (χ3v) is 5.19. The van der Waals surface area contributed by atoms with Crippen LogP contribution in [0.3, 0.4) is 0 Å². The maximum absolute atomic E-state index is 13.1. The molecule has 5 rings (SSSR count). The Morgan fingerprint density at radius 1 is 0.741 bits per heavy atom. The van der Waals surface area contributed by atoms with Gasteiger partial charge in [0.1, 0.15) is 11.6 Å². The summed E-state index contributed by atoms with van der Waals surface area (Å²) < 4.78 is 13.1. The summed E-state index contributed by atoms with van der Waals surface area (Å²) >= 11 is 0. The second-order valence-electron chi connectivity index (χ2n) is 6.87. The zero-order valence-electron chi connectivity index (χ0n) is 14.8. The van der Waals surface area contributed by atoms with Crippen molar-refractivity contribution in [3.05, 3.63) is 72.7 Å². The Bertz CT molecular complexity index is 1100. The molecule has 3 aromatic carbocycles. The summed E-state index contributed by atoms with van der Waals surface area (Å²) in [6.07, 6.45) is 1.87. The van der Waals surface area contributed by atoms with Crippen LogP contribution in [0.5, 0.6) is 0 Å². The number of fused-ring (bicyclic) bond motifs is 2. The maximum atomic E-state index is 13.1. The standard InChI is InChI=1S/C22H19FN4/c23-18-5-7-19(8-6-18)26-9-11-27(12-10-26)22-15-24-20-13-16-3-1-2-4-17(16)14-21(20)25-22/h1-8,13-15H,9-12H2. The van der Waals surface area contributed by atoms with Gasteiger partial charge in [-0.1, -0.05) is 24.3 Å². The van der Waals surface area contributed by atoms with Crippen LogP contribution in [-0.4, -0.2) is 36.1 Å². The summed E-state index contributed by atoms with van der Waals surface area (Å²) in [6.45, 7) is 3.49. The minimum absolute atomic E-state index is 0.198. The van der Waals surface area contributed by atoms with Crippen molar-refractivity contribution in [3.8, 4) is 0 Å². The van der Waals surface area contributed by atoms with E-state index in [0.29, 0.717) is 0 Å². The van der Waals surface area contributed by atoms with Gasteiger partial charge in [-0.05, 0) is 47.2 Å². The number of piperazine rings is 1. The minimum atomic E-state index is -0.198. The molecule has 0 N–H and O–H groups in total. The summed E-state index contributed by atoms with van der Waals surface area (Å²) in [6, 6.07) is 19.2. The van der Waals surface area contributed by atoms with Crippen molar-refractivity contribution >= 4 is 33.3 Å². The number of rotatable bonds is 2. The average molecular weight is 358 g/mol. The van der Waals surface area contributed by atoms with Crippen LogP contribution in [0, 0.1) is 5.82 Å². The predicted molar refractivity (Wildman–Crippen MR) is 108 cm³/mol. The SMILES string of the molecule is Fc1ccc(N2CCN(c3cnc4cc5ccccc5cc4n3)CC2)cc1. The highest BCUT2D eigenvalue weighted by molar-refractivity contribution is 5.95. The third-order valence-electron chi connectivity index (χ3n) is 5.19. The quantitative estimate of drug-likeness (QED) is 0.502. The summed E-state index contributed by atoms with van der Waals surface area (Å²) in [7, 11) is 0. The Hall–Kier alpha value is -3.21. The molecule has 1 saturated heterocycles. The number of halogens is 1. The van der Waals surface area contributed by atoms with E-state index in [4.69, 9.17) is 4.98 Å². The number of aromatic nitrogens is 2. The van der Waals surface area contributed by atoms with E-state index < -0.39 is 0 Å². The van der Waals surface area contributed by atoms with Crippen LogP contribution >= 0.6 is 0 Å². The molecular formula is C22H19FN4. The molecule has 1 aliphatic rings. The molecule has 0 unspecified atom stereocenters. The lowest BCUT2D eigenvalue weighted by Crippen LogP contribution is -2.46. The van der Waals surface area contributed by atoms with Gasteiger partial charge in [-0.15, -0.1) is 0 Å². The Morgan fingerprint density at radius 3 is 2.07 bits per heavy atom. The lowest BCUT2D eigenvalue weighted by molar-refractivity contribution is 0.624. The van der Waals surface area contributed by atoms with E-state index in [1.807, 2.05) is 30.5 Å². The molecule has 134 valence electrons. The molecule has 0 spiro atoms. The number of hydrogen-bond acceptors (Lipinski definition) is 4. The first kappa shape index (κ1) is 16.0. The Labute approximate surface area is 156 Å². The topological polar surface area (TPSA) is 32.3 Å². The van der Waals surface area contributed by atoms with E-state index in [9.17, 15) is 4.39 Å².